The zero-order valence-electron chi connectivity index (χ0n) is 18.8. The number of allylic oxidation sites excluding steroid dienone is 2. The van der Waals surface area contributed by atoms with Gasteiger partial charge in [0.25, 0.3) is 5.91 Å². The molecule has 1 atom stereocenters. The summed E-state index contributed by atoms with van der Waals surface area (Å²) in [5.74, 6) is -1.41. The number of hydrazine groups is 1. The first kappa shape index (κ1) is 27.5. The first-order valence-electron chi connectivity index (χ1n) is 10.9. The van der Waals surface area contributed by atoms with Crippen molar-refractivity contribution in [3.63, 3.8) is 0 Å². The Bertz CT molecular complexity index is 590. The lowest BCUT2D eigenvalue weighted by Gasteiger charge is -2.27. The van der Waals surface area contributed by atoms with Crippen molar-refractivity contribution in [2.24, 2.45) is 10.9 Å². The van der Waals surface area contributed by atoms with Crippen molar-refractivity contribution >= 4 is 24.4 Å². The Morgan fingerprint density at radius 1 is 1.23 bits per heavy atom. The number of nitrogens with one attached hydrogen (secondary N) is 1. The van der Waals surface area contributed by atoms with Crippen LogP contribution in [0.2, 0.25) is 0 Å². The summed E-state index contributed by atoms with van der Waals surface area (Å²) in [4.78, 5) is 39.0. The van der Waals surface area contributed by atoms with Gasteiger partial charge in [0.15, 0.2) is 0 Å². The van der Waals surface area contributed by atoms with E-state index in [2.05, 4.69) is 10.4 Å². The largest absolute Gasteiger partial charge is 0.286 e. The number of rotatable bonds is 7. The fraction of sp³-hybridized carbons (Fsp3) is 0.636. The van der Waals surface area contributed by atoms with E-state index in [4.69, 9.17) is 0 Å². The van der Waals surface area contributed by atoms with Crippen LogP contribution in [-0.2, 0) is 14.4 Å². The lowest BCUT2D eigenvalue weighted by Crippen LogP contribution is -2.50. The third-order valence-corrected chi connectivity index (χ3v) is 4.38. The molecule has 1 aliphatic heterocycles. The van der Waals surface area contributed by atoms with E-state index in [1.807, 2.05) is 20.8 Å². The maximum Gasteiger partial charge on any atom is 0.266 e. The van der Waals surface area contributed by atoms with Crippen LogP contribution in [-0.4, -0.2) is 52.8 Å². The van der Waals surface area contributed by atoms with Crippen molar-refractivity contribution < 1.29 is 19.6 Å². The van der Waals surface area contributed by atoms with Gasteiger partial charge in [0, 0.05) is 31.0 Å². The molecule has 1 saturated carbocycles. The molecule has 0 aromatic rings. The van der Waals surface area contributed by atoms with Crippen molar-refractivity contribution in [2.45, 2.75) is 72.6 Å². The highest BCUT2D eigenvalue weighted by Crippen LogP contribution is 2.15. The number of hydrogen-bond acceptors (Lipinski definition) is 5. The lowest BCUT2D eigenvalue weighted by molar-refractivity contribution is -0.158. The third-order valence-electron chi connectivity index (χ3n) is 4.38. The second kappa shape index (κ2) is 17.4. The van der Waals surface area contributed by atoms with Crippen molar-refractivity contribution in [3.05, 3.63) is 23.9 Å². The van der Waals surface area contributed by atoms with Crippen LogP contribution in [0.25, 0.3) is 0 Å². The quantitative estimate of drug-likeness (QED) is 0.371. The molecule has 1 aliphatic carbocycles. The summed E-state index contributed by atoms with van der Waals surface area (Å²) >= 11 is 0. The molecule has 1 fully saturated rings. The van der Waals surface area contributed by atoms with Gasteiger partial charge in [-0.25, -0.2) is 5.06 Å². The van der Waals surface area contributed by atoms with E-state index in [1.54, 1.807) is 31.5 Å². The number of hydrogen-bond donors (Lipinski definition) is 2. The Balaban J connectivity index is 0.00000102. The Labute approximate surface area is 180 Å². The highest BCUT2D eigenvalue weighted by molar-refractivity contribution is 5.97. The number of amides is 3. The molecule has 170 valence electrons. The first-order chi connectivity index (χ1) is 14.5. The average Bonchev–Trinajstić information content (AvgIpc) is 3.23. The van der Waals surface area contributed by atoms with Gasteiger partial charge in [-0.15, -0.1) is 0 Å². The molecule has 1 unspecified atom stereocenters. The van der Waals surface area contributed by atoms with Crippen molar-refractivity contribution in [2.75, 3.05) is 13.1 Å². The zero-order valence-corrected chi connectivity index (χ0v) is 18.8. The second-order valence-electron chi connectivity index (χ2n) is 6.90. The minimum Gasteiger partial charge on any atom is -0.286 e. The molecule has 0 saturated heterocycles. The van der Waals surface area contributed by atoms with Crippen LogP contribution in [0.15, 0.2) is 28.9 Å². The normalized spacial score (nSPS) is 15.3. The van der Waals surface area contributed by atoms with Crippen LogP contribution < -0.4 is 5.43 Å². The van der Waals surface area contributed by atoms with Crippen molar-refractivity contribution in [3.8, 4) is 0 Å². The molecule has 8 heteroatoms. The van der Waals surface area contributed by atoms with Crippen molar-refractivity contribution in [1.82, 2.24) is 15.5 Å². The van der Waals surface area contributed by atoms with Gasteiger partial charge in [-0.1, -0.05) is 65.9 Å². The second-order valence-corrected chi connectivity index (χ2v) is 6.90. The molecule has 0 aromatic heterocycles. The topological polar surface area (TPSA) is 102 Å². The van der Waals surface area contributed by atoms with Gasteiger partial charge in [-0.05, 0) is 12.5 Å². The lowest BCUT2D eigenvalue weighted by atomic mass is 10.1. The monoisotopic (exact) mass is 422 g/mol. The summed E-state index contributed by atoms with van der Waals surface area (Å²) < 4.78 is 0. The molecular formula is C22H38N4O4. The van der Waals surface area contributed by atoms with E-state index in [1.165, 1.54) is 37.1 Å². The summed E-state index contributed by atoms with van der Waals surface area (Å²) in [5, 5.41) is 10.8. The van der Waals surface area contributed by atoms with Crippen LogP contribution in [0.1, 0.15) is 72.6 Å². The predicted octanol–water partition coefficient (Wildman–Crippen LogP) is 3.63. The predicted molar refractivity (Wildman–Crippen MR) is 119 cm³/mol. The molecule has 1 heterocycles. The van der Waals surface area contributed by atoms with E-state index >= 15 is 0 Å². The van der Waals surface area contributed by atoms with Crippen LogP contribution in [0.5, 0.6) is 0 Å². The maximum atomic E-state index is 12.4. The van der Waals surface area contributed by atoms with Gasteiger partial charge < -0.3 is 0 Å². The molecule has 8 nitrogen and oxygen atoms in total. The van der Waals surface area contributed by atoms with Crippen LogP contribution >= 0.6 is 0 Å². The van der Waals surface area contributed by atoms with E-state index in [-0.39, 0.29) is 24.8 Å². The highest BCUT2D eigenvalue weighted by Gasteiger charge is 2.24. The van der Waals surface area contributed by atoms with Gasteiger partial charge in [0.2, 0.25) is 12.3 Å². The van der Waals surface area contributed by atoms with Crippen molar-refractivity contribution in [1.29, 1.82) is 0 Å². The Hall–Kier alpha value is -2.48. The molecule has 0 spiro atoms. The number of carbonyl (C=O) groups excluding carboxylic acids is 3. The van der Waals surface area contributed by atoms with E-state index in [0.717, 1.165) is 0 Å². The maximum absolute atomic E-state index is 12.4. The molecule has 2 aliphatic rings. The van der Waals surface area contributed by atoms with Gasteiger partial charge in [0.1, 0.15) is 0 Å². The zero-order chi connectivity index (χ0) is 22.8. The smallest absolute Gasteiger partial charge is 0.266 e. The molecule has 2 rings (SSSR count). The fourth-order valence-electron chi connectivity index (χ4n) is 2.85. The molecule has 0 aromatic carbocycles. The van der Waals surface area contributed by atoms with E-state index in [0.29, 0.717) is 30.0 Å². The highest BCUT2D eigenvalue weighted by atomic mass is 16.5. The van der Waals surface area contributed by atoms with E-state index in [9.17, 15) is 19.6 Å². The minimum atomic E-state index is -0.651. The summed E-state index contributed by atoms with van der Waals surface area (Å²) in [7, 11) is 0. The van der Waals surface area contributed by atoms with Gasteiger partial charge in [-0.3, -0.25) is 35.0 Å². The molecule has 3 amide bonds. The SMILES string of the molecule is C1CCCC1.CC.CCCN(NC(=O)C1=CC=CN=CC1)C(=O)C(C)CN(O)C=O. The standard InChI is InChI=1S/C15H22N4O4.C5H10.C2H6/c1-3-9-19(15(22)12(2)10-18(23)11-20)17-14(21)13-5-4-7-16-8-6-13;1-2-4-5-3-1;1-2/h4-5,7-8,11-12,23H,3,6,9-10H2,1-2H3,(H,17,21);1-5H2;1-2H3. The minimum absolute atomic E-state index is 0.142. The van der Waals surface area contributed by atoms with E-state index < -0.39 is 5.92 Å². The Kier molecular flexibility index (Phi) is 15.9. The van der Waals surface area contributed by atoms with Gasteiger partial charge in [0.05, 0.1) is 12.5 Å². The molecule has 2 N–H and O–H groups in total. The number of nitrogens with zero attached hydrogens (tertiary/aromatic N) is 3. The Morgan fingerprint density at radius 3 is 2.37 bits per heavy atom. The first-order valence-corrected chi connectivity index (χ1v) is 10.9. The summed E-state index contributed by atoms with van der Waals surface area (Å²) in [6.45, 7) is 7.64. The third kappa shape index (κ3) is 11.5. The summed E-state index contributed by atoms with van der Waals surface area (Å²) in [5.41, 5.74) is 3.07. The average molecular weight is 423 g/mol. The van der Waals surface area contributed by atoms with Crippen LogP contribution in [0.4, 0.5) is 0 Å². The summed E-state index contributed by atoms with van der Waals surface area (Å²) in [6.07, 6.45) is 15.2. The van der Waals surface area contributed by atoms with Gasteiger partial charge >= 0.3 is 0 Å². The summed E-state index contributed by atoms with van der Waals surface area (Å²) in [6, 6.07) is 0. The Morgan fingerprint density at radius 2 is 1.83 bits per heavy atom. The molecule has 0 bridgehead atoms. The molecular weight excluding hydrogens is 384 g/mol. The number of carbonyl (C=O) groups is 3. The molecule has 30 heavy (non-hydrogen) atoms. The molecule has 0 radical (unpaired) electrons. The van der Waals surface area contributed by atoms with Crippen LogP contribution in [0.3, 0.4) is 0 Å². The number of aliphatic imine (C=N–C) groups is 1. The number of hydroxylamine groups is 2. The fourth-order valence-corrected chi connectivity index (χ4v) is 2.85. The van der Waals surface area contributed by atoms with Gasteiger partial charge in [-0.2, -0.15) is 0 Å². The van der Waals surface area contributed by atoms with Crippen LogP contribution in [0, 0.1) is 5.92 Å².